The van der Waals surface area contributed by atoms with Gasteiger partial charge in [-0.3, -0.25) is 0 Å². The van der Waals surface area contributed by atoms with Crippen molar-refractivity contribution in [3.63, 3.8) is 0 Å². The maximum atomic E-state index is 14.0. The Morgan fingerprint density at radius 2 is 1.47 bits per heavy atom. The minimum atomic E-state index is -0.587. The maximum Gasteiger partial charge on any atom is 0.149 e. The number of nitrogens with zero attached hydrogens (tertiary/aromatic N) is 1. The number of benzene rings is 1. The molecule has 0 unspecified atom stereocenters. The third-order valence-electron chi connectivity index (χ3n) is 3.14. The predicted molar refractivity (Wildman–Crippen MR) is 74.3 cm³/mol. The molecule has 0 radical (unpaired) electrons. The van der Waals surface area contributed by atoms with Gasteiger partial charge in [0.2, 0.25) is 0 Å². The Bertz CT molecular complexity index is 365. The van der Waals surface area contributed by atoms with Crippen molar-refractivity contribution in [2.75, 3.05) is 18.0 Å². The van der Waals surface area contributed by atoms with Gasteiger partial charge in [0.05, 0.1) is 6.61 Å². The van der Waals surface area contributed by atoms with Crippen molar-refractivity contribution in [2.24, 2.45) is 0 Å². The molecule has 0 aliphatic rings. The van der Waals surface area contributed by atoms with Gasteiger partial charge in [-0.1, -0.05) is 26.7 Å². The van der Waals surface area contributed by atoms with Gasteiger partial charge in [0.25, 0.3) is 0 Å². The third-order valence-corrected chi connectivity index (χ3v) is 3.14. The zero-order chi connectivity index (χ0) is 14.3. The first-order valence-electron chi connectivity index (χ1n) is 6.97. The summed E-state index contributed by atoms with van der Waals surface area (Å²) in [6.07, 6.45) is 3.79. The van der Waals surface area contributed by atoms with Crippen molar-refractivity contribution < 1.29 is 13.9 Å². The van der Waals surface area contributed by atoms with Crippen LogP contribution < -0.4 is 4.90 Å². The molecular weight excluding hydrogens is 248 g/mol. The number of aliphatic hydroxyl groups excluding tert-OH is 1. The monoisotopic (exact) mass is 271 g/mol. The quantitative estimate of drug-likeness (QED) is 0.776. The predicted octanol–water partition coefficient (Wildman–Crippen LogP) is 3.86. The smallest absolute Gasteiger partial charge is 0.149 e. The number of hydrogen-bond acceptors (Lipinski definition) is 2. The summed E-state index contributed by atoms with van der Waals surface area (Å²) in [7, 11) is 0. The summed E-state index contributed by atoms with van der Waals surface area (Å²) >= 11 is 0. The molecule has 0 heterocycles. The molecule has 108 valence electrons. The molecule has 0 aromatic heterocycles. The summed E-state index contributed by atoms with van der Waals surface area (Å²) in [6, 6.07) is 2.42. The summed E-state index contributed by atoms with van der Waals surface area (Å²) in [5.74, 6) is -1.17. The molecule has 0 saturated carbocycles. The van der Waals surface area contributed by atoms with Crippen molar-refractivity contribution in [3.8, 4) is 0 Å². The van der Waals surface area contributed by atoms with E-state index in [1.165, 1.54) is 12.1 Å². The first-order valence-corrected chi connectivity index (χ1v) is 6.97. The molecule has 0 aliphatic carbocycles. The fraction of sp³-hybridized carbons (Fsp3) is 0.600. The van der Waals surface area contributed by atoms with Crippen molar-refractivity contribution in [3.05, 3.63) is 29.3 Å². The van der Waals surface area contributed by atoms with E-state index in [4.69, 9.17) is 5.11 Å². The minimum Gasteiger partial charge on any atom is -0.392 e. The molecule has 0 atom stereocenters. The maximum absolute atomic E-state index is 14.0. The zero-order valence-corrected chi connectivity index (χ0v) is 11.8. The molecule has 1 rings (SSSR count). The minimum absolute atomic E-state index is 0.0408. The van der Waals surface area contributed by atoms with Gasteiger partial charge < -0.3 is 10.0 Å². The van der Waals surface area contributed by atoms with Crippen LogP contribution in [-0.4, -0.2) is 18.2 Å². The van der Waals surface area contributed by atoms with Gasteiger partial charge in [0.1, 0.15) is 17.3 Å². The van der Waals surface area contributed by atoms with E-state index in [0.29, 0.717) is 13.1 Å². The van der Waals surface area contributed by atoms with Crippen LogP contribution in [0.1, 0.15) is 45.1 Å². The van der Waals surface area contributed by atoms with Crippen LogP contribution in [-0.2, 0) is 6.61 Å². The molecule has 19 heavy (non-hydrogen) atoms. The number of unbranched alkanes of at least 4 members (excludes halogenated alkanes) is 2. The average molecular weight is 271 g/mol. The van der Waals surface area contributed by atoms with Crippen molar-refractivity contribution in [1.82, 2.24) is 0 Å². The Hall–Kier alpha value is -1.16. The normalized spacial score (nSPS) is 10.8. The summed E-state index contributed by atoms with van der Waals surface area (Å²) < 4.78 is 28.0. The molecule has 0 spiro atoms. The van der Waals surface area contributed by atoms with Gasteiger partial charge >= 0.3 is 0 Å². The second-order valence-electron chi connectivity index (χ2n) is 4.76. The summed E-state index contributed by atoms with van der Waals surface area (Å²) in [4.78, 5) is 1.78. The number of halogens is 2. The Kier molecular flexibility index (Phi) is 6.78. The second kappa shape index (κ2) is 8.10. The van der Waals surface area contributed by atoms with Gasteiger partial charge in [-0.2, -0.15) is 0 Å². The number of hydrogen-bond donors (Lipinski definition) is 1. The van der Waals surface area contributed by atoms with Gasteiger partial charge in [0, 0.05) is 13.1 Å². The molecule has 0 saturated heterocycles. The van der Waals surface area contributed by atoms with Crippen LogP contribution in [0.3, 0.4) is 0 Å². The largest absolute Gasteiger partial charge is 0.392 e. The highest BCUT2D eigenvalue weighted by Crippen LogP contribution is 2.26. The number of anilines is 1. The van der Waals surface area contributed by atoms with Gasteiger partial charge in [-0.15, -0.1) is 0 Å². The van der Waals surface area contributed by atoms with Crippen LogP contribution in [0.2, 0.25) is 0 Å². The lowest BCUT2D eigenvalue weighted by atomic mass is 10.1. The highest BCUT2D eigenvalue weighted by atomic mass is 19.1. The molecular formula is C15H23F2NO. The molecule has 0 amide bonds. The van der Waals surface area contributed by atoms with Crippen LogP contribution in [0.5, 0.6) is 0 Å². The second-order valence-corrected chi connectivity index (χ2v) is 4.76. The summed E-state index contributed by atoms with van der Waals surface area (Å²) in [5.41, 5.74) is 0.309. The van der Waals surface area contributed by atoms with Gasteiger partial charge in [-0.05, 0) is 30.5 Å². The lowest BCUT2D eigenvalue weighted by molar-refractivity contribution is 0.280. The summed E-state index contributed by atoms with van der Waals surface area (Å²) in [5, 5.41) is 8.95. The molecule has 0 bridgehead atoms. The molecule has 4 heteroatoms. The molecule has 1 aromatic rings. The molecule has 1 N–H and O–H groups in total. The van der Waals surface area contributed by atoms with E-state index >= 15 is 0 Å². The number of aliphatic hydroxyl groups is 1. The molecule has 1 aromatic carbocycles. The topological polar surface area (TPSA) is 23.5 Å². The van der Waals surface area contributed by atoms with Crippen molar-refractivity contribution >= 4 is 5.69 Å². The summed E-state index contributed by atoms with van der Waals surface area (Å²) in [6.45, 7) is 5.07. The third kappa shape index (κ3) is 4.46. The van der Waals surface area contributed by atoms with E-state index in [0.717, 1.165) is 25.7 Å². The Balaban J connectivity index is 2.99. The van der Waals surface area contributed by atoms with Crippen LogP contribution in [0, 0.1) is 11.6 Å². The van der Waals surface area contributed by atoms with E-state index in [1.807, 2.05) is 0 Å². The fourth-order valence-corrected chi connectivity index (χ4v) is 2.04. The van der Waals surface area contributed by atoms with Crippen LogP contribution in [0.15, 0.2) is 12.1 Å². The van der Waals surface area contributed by atoms with E-state index in [1.54, 1.807) is 4.90 Å². The molecule has 0 aliphatic heterocycles. The van der Waals surface area contributed by atoms with E-state index in [9.17, 15) is 8.78 Å². The zero-order valence-electron chi connectivity index (χ0n) is 11.8. The van der Waals surface area contributed by atoms with Crippen LogP contribution >= 0.6 is 0 Å². The standard InChI is InChI=1S/C15H23F2NO/c1-3-5-7-18(8-6-4-2)15-13(16)9-12(11-19)10-14(15)17/h9-10,19H,3-8,11H2,1-2H3. The Labute approximate surface area is 114 Å². The Morgan fingerprint density at radius 1 is 1.00 bits per heavy atom. The molecule has 0 fully saturated rings. The molecule has 2 nitrogen and oxygen atoms in total. The van der Waals surface area contributed by atoms with E-state index in [2.05, 4.69) is 13.8 Å². The first-order chi connectivity index (χ1) is 9.13. The Morgan fingerprint density at radius 3 is 1.84 bits per heavy atom. The number of rotatable bonds is 8. The van der Waals surface area contributed by atoms with Crippen LogP contribution in [0.4, 0.5) is 14.5 Å². The van der Waals surface area contributed by atoms with E-state index < -0.39 is 11.6 Å². The lowest BCUT2D eigenvalue weighted by Crippen LogP contribution is -2.27. The van der Waals surface area contributed by atoms with Crippen molar-refractivity contribution in [1.29, 1.82) is 0 Å². The SMILES string of the molecule is CCCCN(CCCC)c1c(F)cc(CO)cc1F. The van der Waals surface area contributed by atoms with Gasteiger partial charge in [-0.25, -0.2) is 8.78 Å². The first kappa shape index (κ1) is 15.9. The highest BCUT2D eigenvalue weighted by molar-refractivity contribution is 5.50. The lowest BCUT2D eigenvalue weighted by Gasteiger charge is -2.25. The van der Waals surface area contributed by atoms with Crippen molar-refractivity contribution in [2.45, 2.75) is 46.1 Å². The van der Waals surface area contributed by atoms with Crippen LogP contribution in [0.25, 0.3) is 0 Å². The average Bonchev–Trinajstić information content (AvgIpc) is 2.40. The van der Waals surface area contributed by atoms with Gasteiger partial charge in [0.15, 0.2) is 0 Å². The van der Waals surface area contributed by atoms with E-state index in [-0.39, 0.29) is 17.9 Å². The fourth-order valence-electron chi connectivity index (χ4n) is 2.04. The highest BCUT2D eigenvalue weighted by Gasteiger charge is 2.17.